The number of rotatable bonds is 4. The number of nitrogens with zero attached hydrogens (tertiary/aromatic N) is 3. The minimum Gasteiger partial charge on any atom is -0.594 e. The second-order valence-corrected chi connectivity index (χ2v) is 2.72. The lowest BCUT2D eigenvalue weighted by molar-refractivity contribution is -0.676. The third-order valence-electron chi connectivity index (χ3n) is 1.68. The van der Waals surface area contributed by atoms with Gasteiger partial charge in [0, 0.05) is 6.42 Å². The zero-order valence-electron chi connectivity index (χ0n) is 7.81. The SMILES string of the molecule is C=CCc1nc(N)n[n+]([O-])c1CC=C. The monoisotopic (exact) mass is 192 g/mol. The molecule has 0 atom stereocenters. The van der Waals surface area contributed by atoms with E-state index in [4.69, 9.17) is 5.73 Å². The molecule has 14 heavy (non-hydrogen) atoms. The van der Waals surface area contributed by atoms with Crippen LogP contribution < -0.4 is 10.6 Å². The molecule has 0 amide bonds. The van der Waals surface area contributed by atoms with Crippen LogP contribution in [0.25, 0.3) is 0 Å². The van der Waals surface area contributed by atoms with Gasteiger partial charge in [-0.3, -0.25) is 0 Å². The van der Waals surface area contributed by atoms with Gasteiger partial charge in [-0.15, -0.1) is 13.2 Å². The summed E-state index contributed by atoms with van der Waals surface area (Å²) in [6, 6.07) is 0. The van der Waals surface area contributed by atoms with E-state index in [0.29, 0.717) is 29.1 Å². The van der Waals surface area contributed by atoms with Crippen LogP contribution >= 0.6 is 0 Å². The van der Waals surface area contributed by atoms with Crippen molar-refractivity contribution >= 4 is 5.95 Å². The summed E-state index contributed by atoms with van der Waals surface area (Å²) >= 11 is 0. The Morgan fingerprint density at radius 3 is 2.57 bits per heavy atom. The maximum Gasteiger partial charge on any atom is 0.287 e. The van der Waals surface area contributed by atoms with Crippen molar-refractivity contribution in [2.45, 2.75) is 12.8 Å². The molecule has 0 saturated carbocycles. The molecule has 0 aliphatic carbocycles. The minimum atomic E-state index is -0.0235. The number of hydrogen-bond acceptors (Lipinski definition) is 4. The highest BCUT2D eigenvalue weighted by molar-refractivity contribution is 5.19. The molecule has 1 rings (SSSR count). The zero-order valence-corrected chi connectivity index (χ0v) is 7.81. The van der Waals surface area contributed by atoms with Gasteiger partial charge in [0.1, 0.15) is 5.69 Å². The highest BCUT2D eigenvalue weighted by Gasteiger charge is 2.14. The van der Waals surface area contributed by atoms with Crippen LogP contribution in [-0.4, -0.2) is 10.1 Å². The topological polar surface area (TPSA) is 78.7 Å². The van der Waals surface area contributed by atoms with Gasteiger partial charge >= 0.3 is 0 Å². The molecule has 0 bridgehead atoms. The first-order valence-electron chi connectivity index (χ1n) is 4.16. The average molecular weight is 192 g/mol. The molecule has 0 unspecified atom stereocenters. The van der Waals surface area contributed by atoms with Crippen LogP contribution in [0.15, 0.2) is 25.3 Å². The fraction of sp³-hybridized carbons (Fsp3) is 0.222. The van der Waals surface area contributed by atoms with E-state index in [2.05, 4.69) is 23.2 Å². The highest BCUT2D eigenvalue weighted by Crippen LogP contribution is 2.04. The van der Waals surface area contributed by atoms with Crippen molar-refractivity contribution in [1.29, 1.82) is 0 Å². The predicted octanol–water partition coefficient (Wildman–Crippen LogP) is 0.149. The summed E-state index contributed by atoms with van der Waals surface area (Å²) in [5, 5.41) is 14.8. The Morgan fingerprint density at radius 1 is 1.36 bits per heavy atom. The van der Waals surface area contributed by atoms with Gasteiger partial charge < -0.3 is 10.9 Å². The van der Waals surface area contributed by atoms with Gasteiger partial charge in [0.15, 0.2) is 0 Å². The van der Waals surface area contributed by atoms with Crippen molar-refractivity contribution in [3.8, 4) is 0 Å². The Hall–Kier alpha value is -1.91. The molecular weight excluding hydrogens is 180 g/mol. The summed E-state index contributed by atoms with van der Waals surface area (Å²) in [6.45, 7) is 7.13. The molecule has 0 spiro atoms. The number of hydrogen-bond donors (Lipinski definition) is 1. The number of nitrogens with two attached hydrogens (primary N) is 1. The normalized spacial score (nSPS) is 9.71. The van der Waals surface area contributed by atoms with Crippen molar-refractivity contribution in [1.82, 2.24) is 10.1 Å². The molecule has 1 aromatic rings. The number of aromatic nitrogens is 3. The Kier molecular flexibility index (Phi) is 3.17. The Morgan fingerprint density at radius 2 is 2.00 bits per heavy atom. The molecule has 5 heteroatoms. The number of nitrogen functional groups attached to an aromatic ring is 1. The van der Waals surface area contributed by atoms with E-state index >= 15 is 0 Å². The van der Waals surface area contributed by atoms with Gasteiger partial charge in [-0.05, 0) is 4.85 Å². The smallest absolute Gasteiger partial charge is 0.287 e. The lowest BCUT2D eigenvalue weighted by Crippen LogP contribution is -2.39. The van der Waals surface area contributed by atoms with E-state index in [0.717, 1.165) is 0 Å². The van der Waals surface area contributed by atoms with E-state index in [1.165, 1.54) is 0 Å². The summed E-state index contributed by atoms with van der Waals surface area (Å²) in [5.74, 6) is -0.0235. The van der Waals surface area contributed by atoms with Crippen LogP contribution in [-0.2, 0) is 12.8 Å². The van der Waals surface area contributed by atoms with Crippen molar-refractivity contribution in [2.24, 2.45) is 0 Å². The molecule has 0 aromatic carbocycles. The quantitative estimate of drug-likeness (QED) is 0.418. The largest absolute Gasteiger partial charge is 0.594 e. The van der Waals surface area contributed by atoms with E-state index in [9.17, 15) is 5.21 Å². The second-order valence-electron chi connectivity index (χ2n) is 2.72. The molecule has 0 fully saturated rings. The fourth-order valence-corrected chi connectivity index (χ4v) is 1.12. The standard InChI is InChI=1S/C9H12N4O/c1-3-5-7-8(6-4-2)13(14)12-9(10)11-7/h3-4H,1-2,5-6H2,(H2,10,11,12). The van der Waals surface area contributed by atoms with Gasteiger partial charge in [-0.25, -0.2) is 4.98 Å². The van der Waals surface area contributed by atoms with Gasteiger partial charge in [-0.2, -0.15) is 0 Å². The average Bonchev–Trinajstić information content (AvgIpc) is 2.11. The first kappa shape index (κ1) is 10.2. The third kappa shape index (κ3) is 2.07. The molecule has 0 aliphatic heterocycles. The Bertz CT molecular complexity index is 362. The van der Waals surface area contributed by atoms with Crippen LogP contribution in [0.3, 0.4) is 0 Å². The van der Waals surface area contributed by atoms with E-state index in [1.807, 2.05) is 0 Å². The van der Waals surface area contributed by atoms with Crippen molar-refractivity contribution in [3.63, 3.8) is 0 Å². The van der Waals surface area contributed by atoms with E-state index in [-0.39, 0.29) is 5.95 Å². The lowest BCUT2D eigenvalue weighted by Gasteiger charge is -2.04. The molecule has 0 saturated heterocycles. The van der Waals surface area contributed by atoms with Crippen LogP contribution in [0.5, 0.6) is 0 Å². The number of anilines is 1. The summed E-state index contributed by atoms with van der Waals surface area (Å²) in [5.41, 5.74) is 6.42. The number of allylic oxidation sites excluding steroid dienone is 2. The van der Waals surface area contributed by atoms with Crippen LogP contribution in [0.1, 0.15) is 11.4 Å². The second kappa shape index (κ2) is 4.36. The minimum absolute atomic E-state index is 0.0235. The van der Waals surface area contributed by atoms with Gasteiger partial charge in [-0.1, -0.05) is 12.2 Å². The molecule has 0 aliphatic rings. The molecule has 1 aromatic heterocycles. The van der Waals surface area contributed by atoms with E-state index in [1.54, 1.807) is 12.2 Å². The van der Waals surface area contributed by atoms with Crippen molar-refractivity contribution < 1.29 is 4.85 Å². The summed E-state index contributed by atoms with van der Waals surface area (Å²) < 4.78 is 0. The molecule has 0 radical (unpaired) electrons. The molecule has 74 valence electrons. The molecule has 2 N–H and O–H groups in total. The van der Waals surface area contributed by atoms with Gasteiger partial charge in [0.2, 0.25) is 5.69 Å². The summed E-state index contributed by atoms with van der Waals surface area (Å²) in [4.78, 5) is 4.46. The molecule has 5 nitrogen and oxygen atoms in total. The predicted molar refractivity (Wildman–Crippen MR) is 53.2 cm³/mol. The Balaban J connectivity index is 3.20. The van der Waals surface area contributed by atoms with Gasteiger partial charge in [0.25, 0.3) is 5.95 Å². The van der Waals surface area contributed by atoms with Gasteiger partial charge in [0.05, 0.1) is 11.5 Å². The highest BCUT2D eigenvalue weighted by atomic mass is 16.5. The first-order chi connectivity index (χ1) is 6.69. The molecular formula is C9H12N4O. The van der Waals surface area contributed by atoms with Crippen LogP contribution in [0.4, 0.5) is 5.95 Å². The van der Waals surface area contributed by atoms with Crippen LogP contribution in [0.2, 0.25) is 0 Å². The molecule has 1 heterocycles. The van der Waals surface area contributed by atoms with Crippen LogP contribution in [0, 0.1) is 5.21 Å². The summed E-state index contributed by atoms with van der Waals surface area (Å²) in [7, 11) is 0. The Labute approximate surface area is 82.2 Å². The third-order valence-corrected chi connectivity index (χ3v) is 1.68. The van der Waals surface area contributed by atoms with Crippen molar-refractivity contribution in [2.75, 3.05) is 5.73 Å². The maximum absolute atomic E-state index is 11.3. The summed E-state index contributed by atoms with van der Waals surface area (Å²) in [6.07, 6.45) is 4.20. The lowest BCUT2D eigenvalue weighted by atomic mass is 10.2. The maximum atomic E-state index is 11.3. The zero-order chi connectivity index (χ0) is 10.6. The van der Waals surface area contributed by atoms with Crippen molar-refractivity contribution in [3.05, 3.63) is 41.9 Å². The first-order valence-corrected chi connectivity index (χ1v) is 4.16. The van der Waals surface area contributed by atoms with E-state index < -0.39 is 0 Å². The fourth-order valence-electron chi connectivity index (χ4n) is 1.12.